The highest BCUT2D eigenvalue weighted by Crippen LogP contribution is 2.37. The fraction of sp³-hybridized carbons (Fsp3) is 0.652. The molecule has 2 saturated carbocycles. The van der Waals surface area contributed by atoms with Gasteiger partial charge in [-0.05, 0) is 38.5 Å². The highest BCUT2D eigenvalue weighted by Gasteiger charge is 2.52. The molecule has 6 amide bonds. The van der Waals surface area contributed by atoms with Crippen molar-refractivity contribution in [2.75, 3.05) is 0 Å². The molecule has 2 rings (SSSR count). The minimum Gasteiger partial charge on any atom is -0.351 e. The molecular formula is C23H36N4O4. The minimum absolute atomic E-state index is 0.0519. The second-order valence-electron chi connectivity index (χ2n) is 8.68. The molecule has 0 aliphatic heterocycles. The lowest BCUT2D eigenvalue weighted by atomic mass is 9.76. The maximum Gasteiger partial charge on any atom is 0.321 e. The molecular weight excluding hydrogens is 396 g/mol. The quantitative estimate of drug-likeness (QED) is 0.449. The Bertz CT molecular complexity index is 648. The van der Waals surface area contributed by atoms with E-state index in [1.807, 2.05) is 0 Å². The van der Waals surface area contributed by atoms with E-state index in [1.54, 1.807) is 0 Å². The van der Waals surface area contributed by atoms with E-state index in [0.717, 1.165) is 48.3 Å². The number of carbonyl (C=O) groups is 4. The van der Waals surface area contributed by atoms with Crippen molar-refractivity contribution in [3.8, 4) is 0 Å². The number of primary amides is 2. The molecule has 0 atom stereocenters. The van der Waals surface area contributed by atoms with Crippen molar-refractivity contribution in [2.24, 2.45) is 16.9 Å². The van der Waals surface area contributed by atoms with Gasteiger partial charge >= 0.3 is 12.1 Å². The van der Waals surface area contributed by atoms with Crippen molar-refractivity contribution in [1.29, 1.82) is 0 Å². The van der Waals surface area contributed by atoms with Crippen LogP contribution in [0.2, 0.25) is 0 Å². The first kappa shape index (κ1) is 24.6. The van der Waals surface area contributed by atoms with Crippen LogP contribution in [0.15, 0.2) is 25.3 Å². The van der Waals surface area contributed by atoms with E-state index in [9.17, 15) is 19.2 Å². The Morgan fingerprint density at radius 1 is 0.710 bits per heavy atom. The fourth-order valence-electron chi connectivity index (χ4n) is 5.05. The Morgan fingerprint density at radius 2 is 1.03 bits per heavy atom. The summed E-state index contributed by atoms with van der Waals surface area (Å²) in [5, 5.41) is 0. The number of hydrogen-bond acceptors (Lipinski definition) is 4. The molecule has 2 aliphatic rings. The number of amides is 6. The van der Waals surface area contributed by atoms with Crippen LogP contribution in [0.25, 0.3) is 0 Å². The first-order valence-corrected chi connectivity index (χ1v) is 11.3. The van der Waals surface area contributed by atoms with E-state index in [2.05, 4.69) is 13.2 Å². The number of allylic oxidation sites excluding steroid dienone is 2. The molecule has 0 saturated heterocycles. The third kappa shape index (κ3) is 5.35. The standard InChI is InChI=1S/C23H36N4O4/c1-3-15-23(16-4-2,19(28)26(21(24)30)17-11-7-5-8-12-17)20(29)27(22(25)31)18-13-9-6-10-14-18/h3-4,17-18H,1-2,5-16H2,(H2,24,30)(H2,25,31). The third-order valence-electron chi connectivity index (χ3n) is 6.60. The summed E-state index contributed by atoms with van der Waals surface area (Å²) in [7, 11) is 0. The van der Waals surface area contributed by atoms with E-state index in [0.29, 0.717) is 25.7 Å². The van der Waals surface area contributed by atoms with E-state index >= 15 is 0 Å². The normalized spacial score (nSPS) is 18.1. The Morgan fingerprint density at radius 3 is 1.29 bits per heavy atom. The minimum atomic E-state index is -1.73. The summed E-state index contributed by atoms with van der Waals surface area (Å²) in [5.74, 6) is -1.39. The van der Waals surface area contributed by atoms with Gasteiger partial charge in [0.25, 0.3) is 0 Å². The lowest BCUT2D eigenvalue weighted by molar-refractivity contribution is -0.155. The Hall–Kier alpha value is -2.64. The van der Waals surface area contributed by atoms with Crippen LogP contribution in [0, 0.1) is 5.41 Å². The summed E-state index contributed by atoms with van der Waals surface area (Å²) in [6.07, 6.45) is 10.9. The van der Waals surface area contributed by atoms with Crippen molar-refractivity contribution in [1.82, 2.24) is 9.80 Å². The molecule has 8 nitrogen and oxygen atoms in total. The van der Waals surface area contributed by atoms with Gasteiger partial charge in [-0.25, -0.2) is 9.59 Å². The first-order chi connectivity index (χ1) is 14.8. The lowest BCUT2D eigenvalue weighted by Gasteiger charge is -2.42. The average molecular weight is 433 g/mol. The van der Waals surface area contributed by atoms with Gasteiger partial charge in [-0.1, -0.05) is 50.7 Å². The van der Waals surface area contributed by atoms with E-state index < -0.39 is 29.3 Å². The van der Waals surface area contributed by atoms with E-state index in [1.165, 1.54) is 12.2 Å². The molecule has 0 heterocycles. The number of urea groups is 2. The molecule has 8 heteroatoms. The molecule has 0 aromatic carbocycles. The van der Waals surface area contributed by atoms with Gasteiger partial charge in [0, 0.05) is 12.1 Å². The predicted octanol–water partition coefficient (Wildman–Crippen LogP) is 3.61. The first-order valence-electron chi connectivity index (χ1n) is 11.3. The van der Waals surface area contributed by atoms with Gasteiger partial charge in [-0.15, -0.1) is 13.2 Å². The van der Waals surface area contributed by atoms with Crippen LogP contribution in [0.1, 0.15) is 77.0 Å². The fourth-order valence-corrected chi connectivity index (χ4v) is 5.05. The molecule has 172 valence electrons. The maximum absolute atomic E-state index is 13.9. The molecule has 0 unspecified atom stereocenters. The van der Waals surface area contributed by atoms with Gasteiger partial charge in [-0.2, -0.15) is 0 Å². The van der Waals surface area contributed by atoms with Gasteiger partial charge < -0.3 is 11.5 Å². The highest BCUT2D eigenvalue weighted by atomic mass is 16.2. The zero-order chi connectivity index (χ0) is 23.0. The second kappa shape index (κ2) is 11.1. The number of imide groups is 2. The zero-order valence-electron chi connectivity index (χ0n) is 18.4. The summed E-state index contributed by atoms with van der Waals surface area (Å²) >= 11 is 0. The molecule has 31 heavy (non-hydrogen) atoms. The Labute approximate surface area is 184 Å². The predicted molar refractivity (Wildman–Crippen MR) is 119 cm³/mol. The van der Waals surface area contributed by atoms with Crippen LogP contribution < -0.4 is 11.5 Å². The maximum atomic E-state index is 13.9. The monoisotopic (exact) mass is 432 g/mol. The van der Waals surface area contributed by atoms with Crippen molar-refractivity contribution < 1.29 is 19.2 Å². The summed E-state index contributed by atoms with van der Waals surface area (Å²) in [5.41, 5.74) is 9.53. The molecule has 2 fully saturated rings. The molecule has 2 aliphatic carbocycles. The summed E-state index contributed by atoms with van der Waals surface area (Å²) < 4.78 is 0. The SMILES string of the molecule is C=CCC(CC=C)(C(=O)N(C(N)=O)C1CCCCC1)C(=O)N(C(N)=O)C1CCCCC1. The summed E-state index contributed by atoms with van der Waals surface area (Å²) in [4.78, 5) is 54.6. The zero-order valence-corrected chi connectivity index (χ0v) is 18.4. The summed E-state index contributed by atoms with van der Waals surface area (Å²) in [6.45, 7) is 7.44. The highest BCUT2D eigenvalue weighted by molar-refractivity contribution is 6.13. The molecule has 0 radical (unpaired) electrons. The van der Waals surface area contributed by atoms with Gasteiger partial charge in [-0.3, -0.25) is 19.4 Å². The van der Waals surface area contributed by atoms with Gasteiger partial charge in [0.15, 0.2) is 0 Å². The van der Waals surface area contributed by atoms with Crippen LogP contribution in [0.4, 0.5) is 9.59 Å². The van der Waals surface area contributed by atoms with Crippen molar-refractivity contribution >= 4 is 23.9 Å². The van der Waals surface area contributed by atoms with Gasteiger partial charge in [0.1, 0.15) is 5.41 Å². The number of carbonyl (C=O) groups excluding carboxylic acids is 4. The largest absolute Gasteiger partial charge is 0.351 e. The van der Waals surface area contributed by atoms with Crippen LogP contribution in [-0.4, -0.2) is 45.8 Å². The topological polar surface area (TPSA) is 127 Å². The average Bonchev–Trinajstić information content (AvgIpc) is 2.74. The van der Waals surface area contributed by atoms with Crippen LogP contribution in [0.3, 0.4) is 0 Å². The van der Waals surface area contributed by atoms with Crippen LogP contribution in [-0.2, 0) is 9.59 Å². The molecule has 0 spiro atoms. The van der Waals surface area contributed by atoms with Crippen molar-refractivity contribution in [3.05, 3.63) is 25.3 Å². The lowest BCUT2D eigenvalue weighted by Crippen LogP contribution is -2.61. The molecule has 0 bridgehead atoms. The molecule has 0 aromatic heterocycles. The Kier molecular flexibility index (Phi) is 8.83. The summed E-state index contributed by atoms with van der Waals surface area (Å²) in [6, 6.07) is -2.49. The second-order valence-corrected chi connectivity index (χ2v) is 8.68. The van der Waals surface area contributed by atoms with Crippen LogP contribution >= 0.6 is 0 Å². The van der Waals surface area contributed by atoms with Crippen LogP contribution in [0.5, 0.6) is 0 Å². The van der Waals surface area contributed by atoms with Crippen molar-refractivity contribution in [3.63, 3.8) is 0 Å². The number of nitrogens with zero attached hydrogens (tertiary/aromatic N) is 2. The molecule has 4 N–H and O–H groups in total. The van der Waals surface area contributed by atoms with Crippen molar-refractivity contribution in [2.45, 2.75) is 89.1 Å². The number of nitrogens with two attached hydrogens (primary N) is 2. The van der Waals surface area contributed by atoms with Gasteiger partial charge in [0.2, 0.25) is 11.8 Å². The Balaban J connectivity index is 2.51. The smallest absolute Gasteiger partial charge is 0.321 e. The molecule has 0 aromatic rings. The number of hydrogen-bond donors (Lipinski definition) is 2. The van der Waals surface area contributed by atoms with Gasteiger partial charge in [0.05, 0.1) is 0 Å². The third-order valence-corrected chi connectivity index (χ3v) is 6.60. The number of rotatable bonds is 8. The van der Waals surface area contributed by atoms with E-state index in [-0.39, 0.29) is 24.9 Å². The van der Waals surface area contributed by atoms with E-state index in [4.69, 9.17) is 11.5 Å².